The van der Waals surface area contributed by atoms with E-state index in [0.29, 0.717) is 29.4 Å². The van der Waals surface area contributed by atoms with Gasteiger partial charge in [-0.05, 0) is 55.3 Å². The maximum absolute atomic E-state index is 14.7. The minimum absolute atomic E-state index is 0.0132. The van der Waals surface area contributed by atoms with Gasteiger partial charge in [-0.15, -0.1) is 0 Å². The summed E-state index contributed by atoms with van der Waals surface area (Å²) in [5.74, 6) is -5.26. The lowest BCUT2D eigenvalue weighted by atomic mass is 10.1. The molecule has 1 aromatic carbocycles. The predicted octanol–water partition coefficient (Wildman–Crippen LogP) is 4.71. The van der Waals surface area contributed by atoms with Crippen molar-refractivity contribution in [2.75, 3.05) is 23.5 Å². The van der Waals surface area contributed by atoms with Crippen molar-refractivity contribution in [1.29, 1.82) is 0 Å². The molecule has 0 amide bonds. The molecule has 1 saturated heterocycles. The number of aromatic nitrogens is 4. The van der Waals surface area contributed by atoms with Crippen molar-refractivity contribution in [1.82, 2.24) is 25.3 Å². The van der Waals surface area contributed by atoms with Gasteiger partial charge in [0.25, 0.3) is 0 Å². The number of rotatable bonds is 7. The van der Waals surface area contributed by atoms with Gasteiger partial charge in [-0.3, -0.25) is 9.71 Å². The van der Waals surface area contributed by atoms with Crippen LogP contribution >= 0.6 is 0 Å². The van der Waals surface area contributed by atoms with E-state index in [0.717, 1.165) is 19.4 Å². The lowest BCUT2D eigenvalue weighted by molar-refractivity contribution is 0.266. The van der Waals surface area contributed by atoms with Crippen molar-refractivity contribution >= 4 is 22.6 Å². The van der Waals surface area contributed by atoms with E-state index in [-0.39, 0.29) is 17.6 Å². The summed E-state index contributed by atoms with van der Waals surface area (Å²) in [6, 6.07) is 8.48. The first-order valence-electron chi connectivity index (χ1n) is 12.1. The molecule has 1 aliphatic heterocycles. The molecule has 1 fully saturated rings. The Kier molecular flexibility index (Phi) is 9.91. The number of benzene rings is 1. The molecule has 0 bridgehead atoms. The van der Waals surface area contributed by atoms with E-state index in [1.54, 1.807) is 24.3 Å². The van der Waals surface area contributed by atoms with E-state index in [1.165, 1.54) is 30.9 Å². The third kappa shape index (κ3) is 7.70. The highest BCUT2D eigenvalue weighted by Gasteiger charge is 2.23. The second-order valence-electron chi connectivity index (χ2n) is 8.51. The third-order valence-corrected chi connectivity index (χ3v) is 6.58. The molecule has 2 atom stereocenters. The first-order valence-corrected chi connectivity index (χ1v) is 13.4. The van der Waals surface area contributed by atoms with Crippen LogP contribution in [-0.4, -0.2) is 43.4 Å². The highest BCUT2D eigenvalue weighted by atomic mass is 32.2. The fraction of sp³-hybridized carbons (Fsp3) is 0.231. The summed E-state index contributed by atoms with van der Waals surface area (Å²) < 4.78 is 75.9. The van der Waals surface area contributed by atoms with Crippen LogP contribution < -0.4 is 20.5 Å². The molecule has 5 rings (SSSR count). The fourth-order valence-corrected chi connectivity index (χ4v) is 4.61. The van der Waals surface area contributed by atoms with Gasteiger partial charge < -0.3 is 15.8 Å². The number of nitrogen functional groups attached to an aromatic ring is 1. The van der Waals surface area contributed by atoms with E-state index in [2.05, 4.69) is 30.0 Å². The molecule has 2 unspecified atom stereocenters. The smallest absolute Gasteiger partial charge is 0.228 e. The number of nitrogens with two attached hydrogens (primary N) is 1. The molecule has 0 radical (unpaired) electrons. The van der Waals surface area contributed by atoms with Crippen LogP contribution in [0.4, 0.5) is 29.2 Å². The second kappa shape index (κ2) is 13.8. The summed E-state index contributed by atoms with van der Waals surface area (Å²) in [4.78, 5) is 15.7. The van der Waals surface area contributed by atoms with Crippen molar-refractivity contribution in [2.45, 2.75) is 24.8 Å². The quantitative estimate of drug-likeness (QED) is 0.214. The molecule has 1 aliphatic rings. The molecule has 3 aromatic heterocycles. The maximum Gasteiger partial charge on any atom is 0.228 e. The minimum atomic E-state index is -1.93. The van der Waals surface area contributed by atoms with Crippen molar-refractivity contribution in [3.8, 4) is 22.9 Å². The Morgan fingerprint density at radius 2 is 1.88 bits per heavy atom. The molecule has 4 heterocycles. The minimum Gasteiger partial charge on any atom is -0.435 e. The van der Waals surface area contributed by atoms with Crippen LogP contribution in [0.1, 0.15) is 18.4 Å². The van der Waals surface area contributed by atoms with Crippen LogP contribution in [0.25, 0.3) is 11.3 Å². The van der Waals surface area contributed by atoms with E-state index < -0.39 is 46.0 Å². The molecule has 40 heavy (non-hydrogen) atoms. The highest BCUT2D eigenvalue weighted by molar-refractivity contribution is 7.85. The average Bonchev–Trinajstić information content (AvgIpc) is 2.95. The van der Waals surface area contributed by atoms with E-state index in [1.807, 2.05) is 0 Å². The summed E-state index contributed by atoms with van der Waals surface area (Å²) in [6.45, 7) is 1.57. The fourth-order valence-electron chi connectivity index (χ4n) is 3.63. The van der Waals surface area contributed by atoms with Crippen LogP contribution in [0.2, 0.25) is 0 Å². The third-order valence-electron chi connectivity index (χ3n) is 5.55. The molecule has 0 aliphatic carbocycles. The first kappa shape index (κ1) is 28.8. The average molecular weight is 576 g/mol. The van der Waals surface area contributed by atoms with Gasteiger partial charge in [0.2, 0.25) is 17.6 Å². The number of nitrogens with one attached hydrogen (secondary N) is 2. The zero-order valence-electron chi connectivity index (χ0n) is 21.0. The topological polar surface area (TPSA) is 128 Å². The van der Waals surface area contributed by atoms with Crippen LogP contribution in [0.5, 0.6) is 11.6 Å². The number of ether oxygens (including phenoxy) is 1. The van der Waals surface area contributed by atoms with Crippen LogP contribution in [-0.2, 0) is 16.7 Å². The van der Waals surface area contributed by atoms with Gasteiger partial charge in [-0.25, -0.2) is 32.3 Å². The summed E-state index contributed by atoms with van der Waals surface area (Å²) in [7, 11) is -1.93. The Balaban J connectivity index is 0.000000461. The molecule has 210 valence electrons. The summed E-state index contributed by atoms with van der Waals surface area (Å²) in [5.41, 5.74) is 5.94. The Hall–Kier alpha value is -4.17. The number of hydrogen-bond donors (Lipinski definition) is 3. The SMILES string of the molecule is FC1CCCNC1.Nc1nccc(-c2cccnc2Oc2cc(F)c(NS(=O)Cc3ccncc3)c(F)c2F)n1. The van der Waals surface area contributed by atoms with E-state index in [4.69, 9.17) is 10.5 Å². The van der Waals surface area contributed by atoms with Gasteiger partial charge in [0.05, 0.1) is 17.0 Å². The standard InChI is InChI=1S/C21H15F3N6O2S.C5H10FN/c22-14-10-16(32-20-13(2-1-6-27-20)15-5-9-28-21(25)29-15)17(23)18(24)19(14)30-33(31)11-12-3-7-26-8-4-12;6-5-2-1-3-7-4-5/h1-10,30H,11H2,(H2,25,28,29);5,7H,1-4H2. The van der Waals surface area contributed by atoms with Crippen molar-refractivity contribution in [3.05, 3.63) is 84.2 Å². The monoisotopic (exact) mass is 575 g/mol. The number of alkyl halides is 1. The van der Waals surface area contributed by atoms with E-state index in [9.17, 15) is 21.8 Å². The summed E-state index contributed by atoms with van der Waals surface area (Å²) in [6.07, 6.45) is 6.91. The number of anilines is 2. The largest absolute Gasteiger partial charge is 0.435 e. The van der Waals surface area contributed by atoms with Gasteiger partial charge in [-0.1, -0.05) is 0 Å². The number of piperidine rings is 1. The lowest BCUT2D eigenvalue weighted by Crippen LogP contribution is -2.30. The van der Waals surface area contributed by atoms with Crippen molar-refractivity contribution < 1.29 is 26.5 Å². The van der Waals surface area contributed by atoms with Gasteiger partial charge in [0.15, 0.2) is 17.4 Å². The van der Waals surface area contributed by atoms with Crippen LogP contribution in [0.3, 0.4) is 0 Å². The zero-order chi connectivity index (χ0) is 28.5. The lowest BCUT2D eigenvalue weighted by Gasteiger charge is -2.14. The van der Waals surface area contributed by atoms with Gasteiger partial charge in [-0.2, -0.15) is 4.39 Å². The molecule has 14 heteroatoms. The predicted molar refractivity (Wildman–Crippen MR) is 143 cm³/mol. The number of pyridine rings is 2. The van der Waals surface area contributed by atoms with E-state index >= 15 is 0 Å². The Morgan fingerprint density at radius 3 is 2.55 bits per heavy atom. The zero-order valence-corrected chi connectivity index (χ0v) is 21.8. The number of nitrogens with zero attached hydrogens (tertiary/aromatic N) is 4. The van der Waals surface area contributed by atoms with Crippen LogP contribution in [0, 0.1) is 17.5 Å². The Bertz CT molecular complexity index is 1460. The second-order valence-corrected chi connectivity index (χ2v) is 9.69. The molecule has 0 saturated carbocycles. The van der Waals surface area contributed by atoms with Crippen molar-refractivity contribution in [2.24, 2.45) is 0 Å². The molecule has 4 aromatic rings. The first-order chi connectivity index (χ1) is 19.3. The van der Waals surface area contributed by atoms with Gasteiger partial charge in [0, 0.05) is 37.4 Å². The molecule has 4 N–H and O–H groups in total. The van der Waals surface area contributed by atoms with Crippen molar-refractivity contribution in [3.63, 3.8) is 0 Å². The number of halogens is 4. The summed E-state index contributed by atoms with van der Waals surface area (Å²) >= 11 is 0. The Labute approximate surface area is 229 Å². The van der Waals surface area contributed by atoms with Gasteiger partial charge >= 0.3 is 0 Å². The van der Waals surface area contributed by atoms with Crippen LogP contribution in [0.15, 0.2) is 61.2 Å². The normalized spacial score (nSPS) is 15.4. The molecule has 0 spiro atoms. The Morgan fingerprint density at radius 1 is 1.07 bits per heavy atom. The summed E-state index contributed by atoms with van der Waals surface area (Å²) in [5, 5.41) is 2.96. The molecular formula is C26H25F4N7O2S. The highest BCUT2D eigenvalue weighted by Crippen LogP contribution is 2.35. The maximum atomic E-state index is 14.7. The molecule has 9 nitrogen and oxygen atoms in total. The number of hydrogen-bond acceptors (Lipinski definition) is 8. The molecular weight excluding hydrogens is 550 g/mol. The van der Waals surface area contributed by atoms with Gasteiger partial charge in [0.1, 0.15) is 22.8 Å².